The van der Waals surface area contributed by atoms with Crippen molar-refractivity contribution < 1.29 is 14.4 Å². The Bertz CT molecular complexity index is 649. The number of carbonyl (C=O) groups excluding carboxylic acids is 3. The highest BCUT2D eigenvalue weighted by molar-refractivity contribution is 6.30. The molecule has 0 radical (unpaired) electrons. The number of rotatable bonds is 2. The number of hydrogen-bond donors (Lipinski definition) is 3. The van der Waals surface area contributed by atoms with Crippen molar-refractivity contribution in [2.24, 2.45) is 0 Å². The lowest BCUT2D eigenvalue weighted by atomic mass is 10.1. The van der Waals surface area contributed by atoms with Crippen LogP contribution in [-0.2, 0) is 9.59 Å². The molecule has 1 aromatic rings. The second-order valence-corrected chi connectivity index (χ2v) is 6.21. The van der Waals surface area contributed by atoms with E-state index in [1.54, 1.807) is 31.2 Å². The number of amides is 4. The van der Waals surface area contributed by atoms with Crippen molar-refractivity contribution >= 4 is 35.1 Å². The predicted octanol–water partition coefficient (Wildman–Crippen LogP) is 0.949. The lowest BCUT2D eigenvalue weighted by Gasteiger charge is -2.32. The first kappa shape index (κ1) is 15.6. The number of fused-ring (bicyclic) bond motifs is 1. The molecule has 23 heavy (non-hydrogen) atoms. The van der Waals surface area contributed by atoms with Crippen LogP contribution in [-0.4, -0.2) is 47.4 Å². The molecule has 7 nitrogen and oxygen atoms in total. The highest BCUT2D eigenvalue weighted by atomic mass is 35.5. The van der Waals surface area contributed by atoms with E-state index >= 15 is 0 Å². The van der Waals surface area contributed by atoms with Gasteiger partial charge in [0.05, 0.1) is 6.04 Å². The molecule has 8 heteroatoms. The number of nitrogens with zero attached hydrogens (tertiary/aromatic N) is 1. The van der Waals surface area contributed by atoms with Gasteiger partial charge in [0.2, 0.25) is 11.8 Å². The molecule has 0 aliphatic carbocycles. The molecule has 0 unspecified atom stereocenters. The van der Waals surface area contributed by atoms with E-state index in [9.17, 15) is 14.4 Å². The molecule has 0 bridgehead atoms. The van der Waals surface area contributed by atoms with Gasteiger partial charge in [0, 0.05) is 17.3 Å². The molecule has 1 aromatic carbocycles. The van der Waals surface area contributed by atoms with Crippen molar-refractivity contribution in [3.8, 4) is 0 Å². The van der Waals surface area contributed by atoms with Crippen molar-refractivity contribution in [2.75, 3.05) is 11.9 Å². The summed E-state index contributed by atoms with van der Waals surface area (Å²) in [5.41, 5.74) is 0.616. The van der Waals surface area contributed by atoms with Crippen LogP contribution >= 0.6 is 11.6 Å². The lowest BCUT2D eigenvalue weighted by molar-refractivity contribution is -0.146. The summed E-state index contributed by atoms with van der Waals surface area (Å²) in [5.74, 6) is -0.281. The quantitative estimate of drug-likeness (QED) is 0.751. The fourth-order valence-electron chi connectivity index (χ4n) is 2.94. The fourth-order valence-corrected chi connectivity index (χ4v) is 3.06. The highest BCUT2D eigenvalue weighted by Crippen LogP contribution is 2.22. The molecule has 122 valence electrons. The summed E-state index contributed by atoms with van der Waals surface area (Å²) >= 11 is 5.79. The summed E-state index contributed by atoms with van der Waals surface area (Å²) in [4.78, 5) is 37.6. The van der Waals surface area contributed by atoms with Crippen molar-refractivity contribution in [2.45, 2.75) is 31.5 Å². The number of hydrogen-bond acceptors (Lipinski definition) is 3. The molecular weight excluding hydrogens is 320 g/mol. The molecule has 2 aliphatic rings. The fraction of sp³-hybridized carbons (Fsp3) is 0.400. The Balaban J connectivity index is 1.59. The minimum atomic E-state index is -0.514. The Morgan fingerprint density at radius 2 is 2.00 bits per heavy atom. The van der Waals surface area contributed by atoms with Crippen molar-refractivity contribution in [1.29, 1.82) is 0 Å². The van der Waals surface area contributed by atoms with Crippen LogP contribution in [0.3, 0.4) is 0 Å². The Hall–Kier alpha value is -2.28. The topological polar surface area (TPSA) is 90.5 Å². The number of nitrogens with one attached hydrogen (secondary N) is 3. The Morgan fingerprint density at radius 3 is 2.70 bits per heavy atom. The first-order valence-electron chi connectivity index (χ1n) is 7.38. The second-order valence-electron chi connectivity index (χ2n) is 5.77. The smallest absolute Gasteiger partial charge is 0.319 e. The standard InChI is InChI=1S/C15H17ClN4O3/c1-8-14(22)20-7-11(6-12(20)13(21)17-8)19-15(23)18-10-4-2-9(16)3-5-10/h2-5,8,11-12H,6-7H2,1H3,(H,17,21)(H2,18,19,23)/t8-,11+,12+/m1/s1. The van der Waals surface area contributed by atoms with Crippen LogP contribution in [0, 0.1) is 0 Å². The van der Waals surface area contributed by atoms with Crippen LogP contribution in [0.2, 0.25) is 5.02 Å². The van der Waals surface area contributed by atoms with Crippen LogP contribution in [0.15, 0.2) is 24.3 Å². The Labute approximate surface area is 138 Å². The van der Waals surface area contributed by atoms with Gasteiger partial charge in [-0.3, -0.25) is 9.59 Å². The molecule has 0 saturated carbocycles. The van der Waals surface area contributed by atoms with Gasteiger partial charge >= 0.3 is 6.03 Å². The van der Waals surface area contributed by atoms with E-state index in [1.165, 1.54) is 4.90 Å². The van der Waals surface area contributed by atoms with E-state index in [1.807, 2.05) is 0 Å². The first-order chi connectivity index (χ1) is 10.9. The minimum absolute atomic E-state index is 0.114. The van der Waals surface area contributed by atoms with Crippen LogP contribution in [0.4, 0.5) is 10.5 Å². The molecule has 2 fully saturated rings. The van der Waals surface area contributed by atoms with Gasteiger partial charge in [-0.1, -0.05) is 11.6 Å². The van der Waals surface area contributed by atoms with E-state index in [0.29, 0.717) is 23.7 Å². The Morgan fingerprint density at radius 1 is 1.30 bits per heavy atom. The number of piperazine rings is 1. The largest absolute Gasteiger partial charge is 0.343 e. The molecule has 0 spiro atoms. The molecule has 4 amide bonds. The average Bonchev–Trinajstić information content (AvgIpc) is 2.92. The lowest BCUT2D eigenvalue weighted by Crippen LogP contribution is -2.60. The average molecular weight is 337 g/mol. The maximum atomic E-state index is 12.1. The SMILES string of the molecule is C[C@H]1NC(=O)[C@@H]2C[C@H](NC(=O)Nc3ccc(Cl)cc3)CN2C1=O. The first-order valence-corrected chi connectivity index (χ1v) is 7.76. The van der Waals surface area contributed by atoms with E-state index in [0.717, 1.165) is 0 Å². The molecule has 3 atom stereocenters. The number of urea groups is 1. The van der Waals surface area contributed by atoms with Crippen LogP contribution < -0.4 is 16.0 Å². The van der Waals surface area contributed by atoms with Crippen LogP contribution in [0.1, 0.15) is 13.3 Å². The van der Waals surface area contributed by atoms with Crippen LogP contribution in [0.25, 0.3) is 0 Å². The van der Waals surface area contributed by atoms with Gasteiger partial charge in [-0.15, -0.1) is 0 Å². The number of benzene rings is 1. The van der Waals surface area contributed by atoms with E-state index in [2.05, 4.69) is 16.0 Å². The van der Waals surface area contributed by atoms with Gasteiger partial charge in [0.15, 0.2) is 0 Å². The third-order valence-electron chi connectivity index (χ3n) is 4.05. The summed E-state index contributed by atoms with van der Waals surface area (Å²) in [6, 6.07) is 5.09. The molecule has 0 aromatic heterocycles. The van der Waals surface area contributed by atoms with Gasteiger partial charge in [-0.05, 0) is 37.6 Å². The third kappa shape index (κ3) is 3.24. The summed E-state index contributed by atoms with van der Waals surface area (Å²) in [5, 5.41) is 8.73. The monoisotopic (exact) mass is 336 g/mol. The van der Waals surface area contributed by atoms with Gasteiger partial charge in [0.1, 0.15) is 12.1 Å². The molecule has 2 aliphatic heterocycles. The normalized spacial score (nSPS) is 26.5. The summed E-state index contributed by atoms with van der Waals surface area (Å²) in [6.07, 6.45) is 0.415. The zero-order valence-electron chi connectivity index (χ0n) is 12.5. The molecule has 2 heterocycles. The maximum absolute atomic E-state index is 12.1. The van der Waals surface area contributed by atoms with Gasteiger partial charge in [-0.2, -0.15) is 0 Å². The molecule has 3 N–H and O–H groups in total. The van der Waals surface area contributed by atoms with Crippen molar-refractivity contribution in [1.82, 2.24) is 15.5 Å². The van der Waals surface area contributed by atoms with E-state index in [4.69, 9.17) is 11.6 Å². The van der Waals surface area contributed by atoms with E-state index in [-0.39, 0.29) is 23.9 Å². The molecular formula is C15H17ClN4O3. The highest BCUT2D eigenvalue weighted by Gasteiger charge is 2.45. The maximum Gasteiger partial charge on any atom is 0.319 e. The number of carbonyl (C=O) groups is 3. The summed E-state index contributed by atoms with van der Waals surface area (Å²) < 4.78 is 0. The molecule has 2 saturated heterocycles. The zero-order valence-corrected chi connectivity index (χ0v) is 13.3. The van der Waals surface area contributed by atoms with Crippen molar-refractivity contribution in [3.63, 3.8) is 0 Å². The van der Waals surface area contributed by atoms with Gasteiger partial charge in [-0.25, -0.2) is 4.79 Å². The van der Waals surface area contributed by atoms with Gasteiger partial charge in [0.25, 0.3) is 0 Å². The number of anilines is 1. The summed E-state index contributed by atoms with van der Waals surface area (Å²) in [7, 11) is 0. The predicted molar refractivity (Wildman–Crippen MR) is 85.1 cm³/mol. The van der Waals surface area contributed by atoms with Gasteiger partial charge < -0.3 is 20.9 Å². The Kier molecular flexibility index (Phi) is 4.12. The van der Waals surface area contributed by atoms with Crippen LogP contribution in [0.5, 0.6) is 0 Å². The minimum Gasteiger partial charge on any atom is -0.343 e. The number of halogens is 1. The van der Waals surface area contributed by atoms with Crippen molar-refractivity contribution in [3.05, 3.63) is 29.3 Å². The summed E-state index contributed by atoms with van der Waals surface area (Å²) in [6.45, 7) is 2.00. The second kappa shape index (κ2) is 6.08. The van der Waals surface area contributed by atoms with E-state index < -0.39 is 12.1 Å². The molecule has 3 rings (SSSR count). The third-order valence-corrected chi connectivity index (χ3v) is 4.31. The zero-order chi connectivity index (χ0) is 16.6.